The van der Waals surface area contributed by atoms with Gasteiger partial charge in [-0.15, -0.1) is 0 Å². The van der Waals surface area contributed by atoms with E-state index in [0.29, 0.717) is 41.3 Å². The van der Waals surface area contributed by atoms with Gasteiger partial charge in [0.25, 0.3) is 0 Å². The molecule has 0 bridgehead atoms. The van der Waals surface area contributed by atoms with Gasteiger partial charge in [-0.2, -0.15) is 5.10 Å². The molecule has 9 nitrogen and oxygen atoms in total. The van der Waals surface area contributed by atoms with Crippen molar-refractivity contribution in [3.8, 4) is 33.8 Å². The maximum Gasteiger partial charge on any atom is 0.224 e. The van der Waals surface area contributed by atoms with Gasteiger partial charge >= 0.3 is 0 Å². The topological polar surface area (TPSA) is 115 Å². The van der Waals surface area contributed by atoms with Gasteiger partial charge in [-0.3, -0.25) is 19.9 Å². The molecule has 4 heterocycles. The SMILES string of the molecule is CCC(=O)Nc1cncc(-c2ccc3[nH]nc(-c4nc5c(-c6cc(F)cc(CN(C)C)c6)cncc5[nH]4)c3c2)c1. The van der Waals surface area contributed by atoms with Crippen molar-refractivity contribution < 1.29 is 9.18 Å². The van der Waals surface area contributed by atoms with Crippen molar-refractivity contribution in [3.05, 3.63) is 78.6 Å². The van der Waals surface area contributed by atoms with Crippen molar-refractivity contribution in [1.82, 2.24) is 35.0 Å². The Hall–Kier alpha value is -4.96. The number of pyridine rings is 2. The highest BCUT2D eigenvalue weighted by atomic mass is 19.1. The highest BCUT2D eigenvalue weighted by molar-refractivity contribution is 5.98. The third-order valence-electron chi connectivity index (χ3n) is 6.63. The normalized spacial score (nSPS) is 11.5. The van der Waals surface area contributed by atoms with E-state index in [-0.39, 0.29) is 11.7 Å². The second-order valence-electron chi connectivity index (χ2n) is 9.95. The highest BCUT2D eigenvalue weighted by Gasteiger charge is 2.17. The summed E-state index contributed by atoms with van der Waals surface area (Å²) in [5.74, 6) is 0.192. The fourth-order valence-corrected chi connectivity index (χ4v) is 4.81. The molecule has 2 aromatic carbocycles. The Morgan fingerprint density at radius 1 is 0.950 bits per heavy atom. The van der Waals surface area contributed by atoms with Crippen LogP contribution in [0.1, 0.15) is 18.9 Å². The molecule has 0 aliphatic rings. The first kappa shape index (κ1) is 25.3. The molecule has 10 heteroatoms. The van der Waals surface area contributed by atoms with Gasteiger partial charge in [-0.25, -0.2) is 9.37 Å². The van der Waals surface area contributed by atoms with Crippen molar-refractivity contribution in [2.75, 3.05) is 19.4 Å². The molecule has 0 saturated carbocycles. The Balaban J connectivity index is 1.41. The molecule has 0 radical (unpaired) electrons. The van der Waals surface area contributed by atoms with Crippen molar-refractivity contribution in [2.24, 2.45) is 0 Å². The standard InChI is InChI=1S/C30H27FN8O/c1-4-27(40)34-22-10-20(12-32-13-22)18-5-6-25-23(11-18)29(38-37-25)30-35-26-15-33-14-24(28(26)36-30)19-7-17(16-39(2)3)8-21(31)9-19/h5-15H,4,16H2,1-3H3,(H,34,40)(H,35,36)(H,37,38). The van der Waals surface area contributed by atoms with Crippen LogP contribution in [0.2, 0.25) is 0 Å². The molecule has 1 amide bonds. The summed E-state index contributed by atoms with van der Waals surface area (Å²) in [5.41, 5.74) is 7.63. The summed E-state index contributed by atoms with van der Waals surface area (Å²) in [5, 5.41) is 11.4. The third-order valence-corrected chi connectivity index (χ3v) is 6.63. The van der Waals surface area contributed by atoms with Crippen LogP contribution < -0.4 is 5.32 Å². The largest absolute Gasteiger partial charge is 0.335 e. The number of anilines is 1. The van der Waals surface area contributed by atoms with Gasteiger partial charge in [0, 0.05) is 41.9 Å². The second-order valence-corrected chi connectivity index (χ2v) is 9.95. The molecule has 200 valence electrons. The lowest BCUT2D eigenvalue weighted by atomic mass is 10.0. The summed E-state index contributed by atoms with van der Waals surface area (Å²) in [6.45, 7) is 2.42. The van der Waals surface area contributed by atoms with E-state index in [2.05, 4.69) is 30.5 Å². The summed E-state index contributed by atoms with van der Waals surface area (Å²) in [4.78, 5) is 30.8. The van der Waals surface area contributed by atoms with E-state index in [9.17, 15) is 9.18 Å². The predicted molar refractivity (Wildman–Crippen MR) is 154 cm³/mol. The minimum absolute atomic E-state index is 0.0718. The summed E-state index contributed by atoms with van der Waals surface area (Å²) in [6.07, 6.45) is 7.18. The number of nitrogens with one attached hydrogen (secondary N) is 3. The van der Waals surface area contributed by atoms with Gasteiger partial charge in [0.15, 0.2) is 5.82 Å². The number of H-pyrrole nitrogens is 2. The van der Waals surface area contributed by atoms with Crippen molar-refractivity contribution >= 4 is 33.5 Å². The van der Waals surface area contributed by atoms with Gasteiger partial charge in [0.1, 0.15) is 11.5 Å². The average molecular weight is 535 g/mol. The number of hydrogen-bond acceptors (Lipinski definition) is 6. The van der Waals surface area contributed by atoms with Crippen LogP contribution in [0.4, 0.5) is 10.1 Å². The Morgan fingerprint density at radius 3 is 2.62 bits per heavy atom. The van der Waals surface area contributed by atoms with Gasteiger partial charge in [0.05, 0.1) is 34.6 Å². The highest BCUT2D eigenvalue weighted by Crippen LogP contribution is 2.33. The summed E-state index contributed by atoms with van der Waals surface area (Å²) < 4.78 is 14.5. The van der Waals surface area contributed by atoms with Crippen LogP contribution in [0.15, 0.2) is 67.3 Å². The van der Waals surface area contributed by atoms with Crippen LogP contribution in [0.25, 0.3) is 55.7 Å². The zero-order valence-electron chi connectivity index (χ0n) is 22.3. The van der Waals surface area contributed by atoms with Gasteiger partial charge < -0.3 is 15.2 Å². The number of amides is 1. The molecule has 0 aliphatic heterocycles. The predicted octanol–water partition coefficient (Wildman–Crippen LogP) is 5.78. The number of hydrogen-bond donors (Lipinski definition) is 3. The zero-order chi connectivity index (χ0) is 27.8. The lowest BCUT2D eigenvalue weighted by molar-refractivity contribution is -0.115. The summed E-state index contributed by atoms with van der Waals surface area (Å²) >= 11 is 0. The van der Waals surface area contributed by atoms with E-state index in [1.54, 1.807) is 37.8 Å². The molecule has 4 aromatic heterocycles. The number of imidazole rings is 1. The van der Waals surface area contributed by atoms with Gasteiger partial charge in [0.2, 0.25) is 5.91 Å². The van der Waals surface area contributed by atoms with Crippen molar-refractivity contribution in [3.63, 3.8) is 0 Å². The molecule has 0 fully saturated rings. The van der Waals surface area contributed by atoms with E-state index in [1.807, 2.05) is 49.3 Å². The van der Waals surface area contributed by atoms with E-state index < -0.39 is 0 Å². The first-order valence-corrected chi connectivity index (χ1v) is 12.9. The fraction of sp³-hybridized carbons (Fsp3) is 0.167. The monoisotopic (exact) mass is 534 g/mol. The maximum absolute atomic E-state index is 14.5. The molecule has 0 aliphatic carbocycles. The molecule has 0 saturated heterocycles. The molecule has 40 heavy (non-hydrogen) atoms. The molecule has 0 atom stereocenters. The first-order valence-electron chi connectivity index (χ1n) is 12.9. The van der Waals surface area contributed by atoms with Crippen LogP contribution in [0.5, 0.6) is 0 Å². The second kappa shape index (κ2) is 10.3. The van der Waals surface area contributed by atoms with Crippen LogP contribution in [-0.2, 0) is 11.3 Å². The number of aromatic amines is 2. The van der Waals surface area contributed by atoms with Crippen molar-refractivity contribution in [2.45, 2.75) is 19.9 Å². The number of rotatable bonds is 7. The number of aromatic nitrogens is 6. The van der Waals surface area contributed by atoms with E-state index in [0.717, 1.165) is 38.7 Å². The molecule has 3 N–H and O–H groups in total. The zero-order valence-corrected chi connectivity index (χ0v) is 22.3. The Kier molecular flexibility index (Phi) is 6.53. The van der Waals surface area contributed by atoms with Crippen LogP contribution in [-0.4, -0.2) is 55.0 Å². The number of nitrogens with zero attached hydrogens (tertiary/aromatic N) is 5. The lowest BCUT2D eigenvalue weighted by Crippen LogP contribution is -2.10. The van der Waals surface area contributed by atoms with Crippen LogP contribution in [0, 0.1) is 5.82 Å². The van der Waals surface area contributed by atoms with Gasteiger partial charge in [-0.05, 0) is 67.2 Å². The summed E-state index contributed by atoms with van der Waals surface area (Å²) in [7, 11) is 3.90. The van der Waals surface area contributed by atoms with Crippen LogP contribution in [0.3, 0.4) is 0 Å². The average Bonchev–Trinajstić information content (AvgIpc) is 3.56. The Labute approximate surface area is 229 Å². The first-order chi connectivity index (χ1) is 19.4. The molecular formula is C30H27FN8O. The van der Waals surface area contributed by atoms with E-state index >= 15 is 0 Å². The lowest BCUT2D eigenvalue weighted by Gasteiger charge is -2.11. The quantitative estimate of drug-likeness (QED) is 0.239. The Bertz CT molecular complexity index is 1870. The number of carbonyl (C=O) groups is 1. The molecule has 0 unspecified atom stereocenters. The molecular weight excluding hydrogens is 507 g/mol. The fourth-order valence-electron chi connectivity index (χ4n) is 4.81. The van der Waals surface area contributed by atoms with E-state index in [1.165, 1.54) is 6.07 Å². The number of carbonyl (C=O) groups excluding carboxylic acids is 1. The Morgan fingerprint density at radius 2 is 1.80 bits per heavy atom. The molecule has 6 aromatic rings. The smallest absolute Gasteiger partial charge is 0.224 e. The third kappa shape index (κ3) is 4.92. The summed E-state index contributed by atoms with van der Waals surface area (Å²) in [6, 6.07) is 12.9. The minimum atomic E-state index is -0.305. The van der Waals surface area contributed by atoms with E-state index in [4.69, 9.17) is 4.98 Å². The molecule has 6 rings (SSSR count). The minimum Gasteiger partial charge on any atom is -0.335 e. The number of benzene rings is 2. The van der Waals surface area contributed by atoms with Crippen LogP contribution >= 0.6 is 0 Å². The van der Waals surface area contributed by atoms with Gasteiger partial charge in [-0.1, -0.05) is 13.0 Å². The number of halogens is 1. The maximum atomic E-state index is 14.5. The molecule has 0 spiro atoms. The number of fused-ring (bicyclic) bond motifs is 2. The van der Waals surface area contributed by atoms with Crippen molar-refractivity contribution in [1.29, 1.82) is 0 Å².